The lowest BCUT2D eigenvalue weighted by molar-refractivity contribution is -0.00148. The Balaban J connectivity index is 1.94. The molecule has 1 aliphatic rings. The Kier molecular flexibility index (Phi) is 2.70. The van der Waals surface area contributed by atoms with Gasteiger partial charge in [0.05, 0.1) is 0 Å². The molecule has 2 heteroatoms. The summed E-state index contributed by atoms with van der Waals surface area (Å²) in [6, 6.07) is 8.09. The summed E-state index contributed by atoms with van der Waals surface area (Å²) in [4.78, 5) is 0. The highest BCUT2D eigenvalue weighted by atomic mass is 16.4. The highest BCUT2D eigenvalue weighted by Gasteiger charge is 2.33. The van der Waals surface area contributed by atoms with Crippen molar-refractivity contribution in [3.05, 3.63) is 35.6 Å². The summed E-state index contributed by atoms with van der Waals surface area (Å²) in [6.45, 7) is 3.91. The van der Waals surface area contributed by atoms with Crippen molar-refractivity contribution in [1.29, 1.82) is 0 Å². The predicted octanol–water partition coefficient (Wildman–Crippen LogP) is 4.14. The lowest BCUT2D eigenvalue weighted by Crippen LogP contribution is -2.27. The van der Waals surface area contributed by atoms with Gasteiger partial charge in [-0.2, -0.15) is 0 Å². The molecule has 0 aliphatic heterocycles. The molecule has 1 atom stereocenters. The molecule has 1 aliphatic carbocycles. The first-order valence-electron chi connectivity index (χ1n) is 6.78. The van der Waals surface area contributed by atoms with Gasteiger partial charge < -0.3 is 9.52 Å². The van der Waals surface area contributed by atoms with Gasteiger partial charge in [0.15, 0.2) is 0 Å². The van der Waals surface area contributed by atoms with Crippen LogP contribution in [-0.4, -0.2) is 5.11 Å². The summed E-state index contributed by atoms with van der Waals surface area (Å²) in [7, 11) is 0. The number of hydrogen-bond acceptors (Lipinski definition) is 2. The molecule has 1 N–H and O–H groups in total. The molecule has 1 unspecified atom stereocenters. The fourth-order valence-corrected chi connectivity index (χ4v) is 2.83. The smallest absolute Gasteiger partial charge is 0.137 e. The van der Waals surface area contributed by atoms with Crippen LogP contribution >= 0.6 is 0 Å². The van der Waals surface area contributed by atoms with E-state index in [1.165, 1.54) is 19.3 Å². The van der Waals surface area contributed by atoms with Gasteiger partial charge in [-0.3, -0.25) is 0 Å². The van der Waals surface area contributed by atoms with E-state index in [4.69, 9.17) is 4.42 Å². The van der Waals surface area contributed by atoms with Crippen LogP contribution in [0.25, 0.3) is 11.0 Å². The Morgan fingerprint density at radius 2 is 2.17 bits per heavy atom. The van der Waals surface area contributed by atoms with Gasteiger partial charge >= 0.3 is 0 Å². The summed E-state index contributed by atoms with van der Waals surface area (Å²) < 4.78 is 5.88. The van der Waals surface area contributed by atoms with Crippen LogP contribution in [0, 0.1) is 12.8 Å². The summed E-state index contributed by atoms with van der Waals surface area (Å²) in [5.74, 6) is 1.37. The molecule has 0 saturated heterocycles. The van der Waals surface area contributed by atoms with Crippen LogP contribution in [0.5, 0.6) is 0 Å². The Hall–Kier alpha value is -1.28. The third-order valence-corrected chi connectivity index (χ3v) is 4.18. The van der Waals surface area contributed by atoms with Gasteiger partial charge in [0.25, 0.3) is 0 Å². The van der Waals surface area contributed by atoms with Crippen molar-refractivity contribution in [1.82, 2.24) is 0 Å². The van der Waals surface area contributed by atoms with Crippen molar-refractivity contribution in [2.45, 2.75) is 45.1 Å². The van der Waals surface area contributed by atoms with Crippen LogP contribution in [0.3, 0.4) is 0 Å². The molecule has 0 spiro atoms. The monoisotopic (exact) mass is 244 g/mol. The van der Waals surface area contributed by atoms with Gasteiger partial charge in [0.2, 0.25) is 0 Å². The van der Waals surface area contributed by atoms with Crippen molar-refractivity contribution in [2.75, 3.05) is 0 Å². The van der Waals surface area contributed by atoms with Crippen molar-refractivity contribution < 1.29 is 9.52 Å². The zero-order valence-corrected chi connectivity index (χ0v) is 11.1. The van der Waals surface area contributed by atoms with E-state index in [-0.39, 0.29) is 0 Å². The molecule has 1 heterocycles. The fraction of sp³-hybridized carbons (Fsp3) is 0.500. The van der Waals surface area contributed by atoms with Gasteiger partial charge in [-0.1, -0.05) is 37.5 Å². The predicted molar refractivity (Wildman–Crippen MR) is 72.5 cm³/mol. The average molecular weight is 244 g/mol. The number of aryl methyl sites for hydroxylation is 1. The highest BCUT2D eigenvalue weighted by Crippen LogP contribution is 2.39. The molecular formula is C16H20O2. The number of para-hydroxylation sites is 1. The van der Waals surface area contributed by atoms with Crippen molar-refractivity contribution in [3.63, 3.8) is 0 Å². The van der Waals surface area contributed by atoms with Crippen LogP contribution in [0.15, 0.2) is 28.7 Å². The second kappa shape index (κ2) is 4.13. The minimum atomic E-state index is -0.837. The molecule has 0 radical (unpaired) electrons. The van der Waals surface area contributed by atoms with E-state index >= 15 is 0 Å². The van der Waals surface area contributed by atoms with Crippen LogP contribution in [0.4, 0.5) is 0 Å². The molecule has 1 saturated carbocycles. The summed E-state index contributed by atoms with van der Waals surface area (Å²) in [5, 5.41) is 11.7. The van der Waals surface area contributed by atoms with Gasteiger partial charge in [-0.25, -0.2) is 0 Å². The van der Waals surface area contributed by atoms with E-state index in [0.29, 0.717) is 11.7 Å². The number of hydrogen-bond donors (Lipinski definition) is 1. The standard InChI is InChI=1S/C16H20O2/c1-11-5-3-8-13-9-14(18-15(11)13)16(2,17)10-12-6-4-7-12/h3,5,8-9,12,17H,4,6-7,10H2,1-2H3. The summed E-state index contributed by atoms with van der Waals surface area (Å²) in [6.07, 6.45) is 4.61. The molecule has 18 heavy (non-hydrogen) atoms. The highest BCUT2D eigenvalue weighted by molar-refractivity contribution is 5.81. The van der Waals surface area contributed by atoms with E-state index < -0.39 is 5.60 Å². The Bertz CT molecular complexity index is 561. The Morgan fingerprint density at radius 3 is 2.78 bits per heavy atom. The summed E-state index contributed by atoms with van der Waals surface area (Å²) in [5.41, 5.74) is 1.19. The molecule has 0 amide bonds. The fourth-order valence-electron chi connectivity index (χ4n) is 2.83. The largest absolute Gasteiger partial charge is 0.458 e. The van der Waals surface area contributed by atoms with Crippen LogP contribution < -0.4 is 0 Å². The van der Waals surface area contributed by atoms with Crippen molar-refractivity contribution >= 4 is 11.0 Å². The van der Waals surface area contributed by atoms with Crippen LogP contribution in [-0.2, 0) is 5.60 Å². The maximum Gasteiger partial charge on any atom is 0.137 e. The molecule has 0 bridgehead atoms. The zero-order valence-electron chi connectivity index (χ0n) is 11.1. The molecule has 2 aromatic rings. The third kappa shape index (κ3) is 1.95. The molecule has 1 fully saturated rings. The molecule has 96 valence electrons. The van der Waals surface area contributed by atoms with Gasteiger partial charge in [0, 0.05) is 5.39 Å². The molecule has 1 aromatic heterocycles. The van der Waals surface area contributed by atoms with E-state index in [9.17, 15) is 5.11 Å². The normalized spacial score (nSPS) is 19.7. The minimum Gasteiger partial charge on any atom is -0.458 e. The maximum absolute atomic E-state index is 10.6. The second-order valence-corrected chi connectivity index (χ2v) is 5.88. The zero-order chi connectivity index (χ0) is 12.8. The number of rotatable bonds is 3. The van der Waals surface area contributed by atoms with Crippen molar-refractivity contribution in [3.8, 4) is 0 Å². The second-order valence-electron chi connectivity index (χ2n) is 5.88. The quantitative estimate of drug-likeness (QED) is 0.880. The Labute approximate surface area is 108 Å². The van der Waals surface area contributed by atoms with E-state index in [1.807, 2.05) is 38.1 Å². The average Bonchev–Trinajstić information content (AvgIpc) is 2.70. The van der Waals surface area contributed by atoms with Gasteiger partial charge in [0.1, 0.15) is 16.9 Å². The SMILES string of the molecule is Cc1cccc2cc(C(C)(O)CC3CCC3)oc12. The maximum atomic E-state index is 10.6. The number of benzene rings is 1. The third-order valence-electron chi connectivity index (χ3n) is 4.18. The lowest BCUT2D eigenvalue weighted by atomic mass is 9.77. The van der Waals surface area contributed by atoms with Crippen LogP contribution in [0.1, 0.15) is 43.9 Å². The van der Waals surface area contributed by atoms with Gasteiger partial charge in [-0.05, 0) is 37.8 Å². The topological polar surface area (TPSA) is 33.4 Å². The van der Waals surface area contributed by atoms with E-state index in [1.54, 1.807) is 0 Å². The number of fused-ring (bicyclic) bond motifs is 1. The lowest BCUT2D eigenvalue weighted by Gasteiger charge is -2.32. The molecule has 1 aromatic carbocycles. The molecule has 3 rings (SSSR count). The Morgan fingerprint density at radius 1 is 1.39 bits per heavy atom. The molecule has 2 nitrogen and oxygen atoms in total. The van der Waals surface area contributed by atoms with Crippen molar-refractivity contribution in [2.24, 2.45) is 5.92 Å². The van der Waals surface area contributed by atoms with E-state index in [2.05, 4.69) is 0 Å². The first-order chi connectivity index (χ1) is 8.56. The molecular weight excluding hydrogens is 224 g/mol. The number of furan rings is 1. The number of aliphatic hydroxyl groups is 1. The minimum absolute atomic E-state index is 0.661. The van der Waals surface area contributed by atoms with Gasteiger partial charge in [-0.15, -0.1) is 0 Å². The first kappa shape index (κ1) is 11.8. The van der Waals surface area contributed by atoms with Crippen LogP contribution in [0.2, 0.25) is 0 Å². The first-order valence-corrected chi connectivity index (χ1v) is 6.78. The van der Waals surface area contributed by atoms with E-state index in [0.717, 1.165) is 23.0 Å². The summed E-state index contributed by atoms with van der Waals surface area (Å²) >= 11 is 0.